The molecule has 0 aromatic rings. The first-order valence-electron chi connectivity index (χ1n) is 4.16. The normalized spacial score (nSPS) is 40.9. The number of carbonyl (C=O) groups excluding carboxylic acids is 1. The third kappa shape index (κ3) is 2.33. The van der Waals surface area contributed by atoms with Crippen molar-refractivity contribution in [3.8, 4) is 0 Å². The minimum atomic E-state index is -2.66. The first-order chi connectivity index (χ1) is 6.90. The zero-order valence-corrected chi connectivity index (χ0v) is 7.74. The summed E-state index contributed by atoms with van der Waals surface area (Å²) in [5.74, 6) is -3.69. The molecule has 1 aliphatic rings. The van der Waals surface area contributed by atoms with Crippen molar-refractivity contribution in [1.29, 1.82) is 0 Å². The molecule has 0 saturated carbocycles. The lowest BCUT2D eigenvalue weighted by Gasteiger charge is -2.39. The summed E-state index contributed by atoms with van der Waals surface area (Å²) in [7, 11) is 0. The van der Waals surface area contributed by atoms with Gasteiger partial charge in [0.15, 0.2) is 6.10 Å². The summed E-state index contributed by atoms with van der Waals surface area (Å²) in [6.07, 6.45) is -4.22. The van der Waals surface area contributed by atoms with Gasteiger partial charge in [0, 0.05) is 6.08 Å². The maximum atomic E-state index is 10.8. The van der Waals surface area contributed by atoms with E-state index in [1.165, 1.54) is 0 Å². The zero-order chi connectivity index (χ0) is 11.6. The topological polar surface area (TPSA) is 116 Å². The zero-order valence-electron chi connectivity index (χ0n) is 7.74. The van der Waals surface area contributed by atoms with Gasteiger partial charge in [0.25, 0.3) is 0 Å². The Morgan fingerprint density at radius 1 is 1.53 bits per heavy atom. The molecule has 86 valence electrons. The molecule has 15 heavy (non-hydrogen) atoms. The molecule has 1 aliphatic heterocycles. The van der Waals surface area contributed by atoms with E-state index in [1.807, 2.05) is 0 Å². The molecule has 0 spiro atoms. The summed E-state index contributed by atoms with van der Waals surface area (Å²) in [5, 5.41) is 37.1. The number of rotatable bonds is 2. The number of aliphatic hydroxyl groups is 4. The van der Waals surface area contributed by atoms with E-state index in [9.17, 15) is 20.1 Å². The minimum Gasteiger partial charge on any atom is -0.402 e. The molecular weight excluding hydrogens is 208 g/mol. The maximum Gasteiger partial charge on any atom is 0.357 e. The second kappa shape index (κ2) is 4.25. The fourth-order valence-corrected chi connectivity index (χ4v) is 1.09. The molecule has 1 fully saturated rings. The first-order valence-corrected chi connectivity index (χ1v) is 4.16. The van der Waals surface area contributed by atoms with Crippen LogP contribution in [0.25, 0.3) is 0 Å². The van der Waals surface area contributed by atoms with E-state index in [2.05, 4.69) is 16.1 Å². The molecule has 1 heterocycles. The Morgan fingerprint density at radius 3 is 2.67 bits per heavy atom. The van der Waals surface area contributed by atoms with Gasteiger partial charge in [0.05, 0.1) is 6.61 Å². The van der Waals surface area contributed by atoms with E-state index in [-0.39, 0.29) is 0 Å². The lowest BCUT2D eigenvalue weighted by Crippen LogP contribution is -2.62. The summed E-state index contributed by atoms with van der Waals surface area (Å²) in [6, 6.07) is 0. The molecule has 0 aromatic heterocycles. The van der Waals surface area contributed by atoms with Crippen LogP contribution in [0.3, 0.4) is 0 Å². The molecule has 1 rings (SSSR count). The fraction of sp³-hybridized carbons (Fsp3) is 0.625. The van der Waals surface area contributed by atoms with Gasteiger partial charge in [-0.2, -0.15) is 0 Å². The Balaban J connectivity index is 2.75. The Labute approximate surface area is 85.2 Å². The van der Waals surface area contributed by atoms with Crippen molar-refractivity contribution < 1.29 is 34.7 Å². The largest absolute Gasteiger partial charge is 0.402 e. The second-order valence-electron chi connectivity index (χ2n) is 3.07. The van der Waals surface area contributed by atoms with Crippen LogP contribution >= 0.6 is 0 Å². The van der Waals surface area contributed by atoms with Gasteiger partial charge >= 0.3 is 11.9 Å². The summed E-state index contributed by atoms with van der Waals surface area (Å²) < 4.78 is 8.85. The molecule has 1 unspecified atom stereocenters. The average molecular weight is 220 g/mol. The highest BCUT2D eigenvalue weighted by Gasteiger charge is 2.51. The van der Waals surface area contributed by atoms with E-state index in [1.54, 1.807) is 0 Å². The van der Waals surface area contributed by atoms with E-state index >= 15 is 0 Å². The average Bonchev–Trinajstić information content (AvgIpc) is 2.21. The van der Waals surface area contributed by atoms with Crippen molar-refractivity contribution in [2.75, 3.05) is 6.61 Å². The van der Waals surface area contributed by atoms with Crippen LogP contribution in [0, 0.1) is 0 Å². The molecule has 0 aromatic carbocycles. The predicted octanol–water partition coefficient (Wildman–Crippen LogP) is -2.53. The van der Waals surface area contributed by atoms with E-state index in [4.69, 9.17) is 5.11 Å². The second-order valence-corrected chi connectivity index (χ2v) is 3.07. The minimum absolute atomic E-state index is 0.473. The van der Waals surface area contributed by atoms with E-state index < -0.39 is 36.9 Å². The monoisotopic (exact) mass is 220 g/mol. The van der Waals surface area contributed by atoms with Crippen LogP contribution in [-0.2, 0) is 14.3 Å². The Bertz CT molecular complexity index is 266. The highest BCUT2D eigenvalue weighted by Crippen LogP contribution is 2.25. The van der Waals surface area contributed by atoms with Gasteiger partial charge < -0.3 is 29.9 Å². The Kier molecular flexibility index (Phi) is 3.42. The summed E-state index contributed by atoms with van der Waals surface area (Å²) in [5.41, 5.74) is 0. The van der Waals surface area contributed by atoms with Crippen molar-refractivity contribution in [1.82, 2.24) is 0 Å². The lowest BCUT2D eigenvalue weighted by atomic mass is 10.0. The molecule has 4 N–H and O–H groups in total. The van der Waals surface area contributed by atoms with Crippen LogP contribution in [-0.4, -0.2) is 57.3 Å². The van der Waals surface area contributed by atoms with Crippen LogP contribution in [0.1, 0.15) is 0 Å². The molecular formula is C8H12O7. The highest BCUT2D eigenvalue weighted by atomic mass is 16.8. The number of hydrogen-bond acceptors (Lipinski definition) is 7. The molecule has 1 saturated heterocycles. The van der Waals surface area contributed by atoms with Crippen LogP contribution < -0.4 is 0 Å². The van der Waals surface area contributed by atoms with Gasteiger partial charge in [-0.05, 0) is 0 Å². The summed E-state index contributed by atoms with van der Waals surface area (Å²) in [6.45, 7) is 2.61. The molecule has 0 aliphatic carbocycles. The van der Waals surface area contributed by atoms with Gasteiger partial charge in [-0.1, -0.05) is 6.58 Å². The number of carbonyl (C=O) groups is 1. The predicted molar refractivity (Wildman–Crippen MR) is 45.2 cm³/mol. The lowest BCUT2D eigenvalue weighted by molar-refractivity contribution is -0.414. The third-order valence-corrected chi connectivity index (χ3v) is 1.97. The Hall–Kier alpha value is -0.990. The van der Waals surface area contributed by atoms with Crippen LogP contribution in [0.5, 0.6) is 0 Å². The fourth-order valence-electron chi connectivity index (χ4n) is 1.09. The van der Waals surface area contributed by atoms with Crippen LogP contribution in [0.4, 0.5) is 0 Å². The number of aliphatic hydroxyl groups excluding tert-OH is 3. The molecule has 7 heteroatoms. The Morgan fingerprint density at radius 2 is 2.13 bits per heavy atom. The van der Waals surface area contributed by atoms with E-state index in [0.717, 1.165) is 6.08 Å². The van der Waals surface area contributed by atoms with Gasteiger partial charge in [0.2, 0.25) is 0 Å². The molecule has 0 amide bonds. The molecule has 4 atom stereocenters. The SMILES string of the molecule is C=CC(=O)OC1(O)OC[C@@H](O)[C@H](O)[C@H]1O. The number of ether oxygens (including phenoxy) is 2. The molecule has 0 bridgehead atoms. The maximum absolute atomic E-state index is 10.8. The first kappa shape index (κ1) is 12.1. The standard InChI is InChI=1S/C8H12O7/c1-2-5(10)15-8(13)7(12)6(11)4(9)3-14-8/h2,4,6-7,9,11-13H,1,3H2/t4-,6+,7-,8?/m1/s1. The third-order valence-electron chi connectivity index (χ3n) is 1.97. The summed E-state index contributed by atoms with van der Waals surface area (Å²) in [4.78, 5) is 10.8. The highest BCUT2D eigenvalue weighted by molar-refractivity contribution is 5.81. The number of esters is 1. The van der Waals surface area contributed by atoms with Crippen molar-refractivity contribution in [2.45, 2.75) is 24.3 Å². The van der Waals surface area contributed by atoms with Gasteiger partial charge in [0.1, 0.15) is 12.2 Å². The van der Waals surface area contributed by atoms with Crippen LogP contribution in [0.15, 0.2) is 12.7 Å². The summed E-state index contributed by atoms with van der Waals surface area (Å²) >= 11 is 0. The van der Waals surface area contributed by atoms with Gasteiger partial charge in [-0.15, -0.1) is 0 Å². The number of hydrogen-bond donors (Lipinski definition) is 4. The smallest absolute Gasteiger partial charge is 0.357 e. The van der Waals surface area contributed by atoms with Crippen LogP contribution in [0.2, 0.25) is 0 Å². The van der Waals surface area contributed by atoms with Gasteiger partial charge in [-0.25, -0.2) is 4.79 Å². The van der Waals surface area contributed by atoms with Gasteiger partial charge in [-0.3, -0.25) is 0 Å². The molecule has 7 nitrogen and oxygen atoms in total. The van der Waals surface area contributed by atoms with Crippen molar-refractivity contribution in [3.05, 3.63) is 12.7 Å². The van der Waals surface area contributed by atoms with E-state index in [0.29, 0.717) is 0 Å². The van der Waals surface area contributed by atoms with Crippen molar-refractivity contribution in [2.24, 2.45) is 0 Å². The van der Waals surface area contributed by atoms with Crippen molar-refractivity contribution >= 4 is 5.97 Å². The van der Waals surface area contributed by atoms with Crippen molar-refractivity contribution in [3.63, 3.8) is 0 Å². The molecule has 0 radical (unpaired) electrons. The quantitative estimate of drug-likeness (QED) is 0.230.